The average molecular weight is 407 g/mol. The first-order valence-corrected chi connectivity index (χ1v) is 10.8. The molecular weight excluding hydrogens is 376 g/mol. The van der Waals surface area contributed by atoms with Crippen molar-refractivity contribution in [2.75, 3.05) is 0 Å². The molecule has 0 aliphatic heterocycles. The molecule has 4 rings (SSSR count). The summed E-state index contributed by atoms with van der Waals surface area (Å²) in [6.07, 6.45) is 2.07. The summed E-state index contributed by atoms with van der Waals surface area (Å²) in [4.78, 5) is 27.1. The Morgan fingerprint density at radius 1 is 0.833 bits per heavy atom. The Balaban J connectivity index is 1.60. The number of hydrogen-bond acceptors (Lipinski definition) is 4. The van der Waals surface area contributed by atoms with E-state index in [0.29, 0.717) is 5.92 Å². The number of benzene rings is 2. The number of carbonyl (C=O) groups is 2. The molecule has 2 aromatic rings. The van der Waals surface area contributed by atoms with E-state index in [9.17, 15) is 9.59 Å². The van der Waals surface area contributed by atoms with Crippen LogP contribution in [0.1, 0.15) is 44.7 Å². The highest BCUT2D eigenvalue weighted by molar-refractivity contribution is 6.03. The molecule has 4 nitrogen and oxygen atoms in total. The summed E-state index contributed by atoms with van der Waals surface area (Å²) in [5.74, 6) is -0.287. The van der Waals surface area contributed by atoms with Gasteiger partial charge in [0.25, 0.3) is 0 Å². The van der Waals surface area contributed by atoms with Crippen molar-refractivity contribution in [2.45, 2.75) is 46.8 Å². The minimum atomic E-state index is -1.25. The fourth-order valence-electron chi connectivity index (χ4n) is 5.92. The Kier molecular flexibility index (Phi) is 5.44. The zero-order valence-electron chi connectivity index (χ0n) is 18.0. The molecule has 30 heavy (non-hydrogen) atoms. The maximum Gasteiger partial charge on any atom is 0.324 e. The van der Waals surface area contributed by atoms with Crippen LogP contribution in [0.2, 0.25) is 0 Å². The van der Waals surface area contributed by atoms with Gasteiger partial charge in [-0.25, -0.2) is 0 Å². The van der Waals surface area contributed by atoms with Gasteiger partial charge in [-0.2, -0.15) is 0 Å². The van der Waals surface area contributed by atoms with Crippen LogP contribution in [-0.2, 0) is 32.3 Å². The first kappa shape index (κ1) is 20.6. The third kappa shape index (κ3) is 3.13. The van der Waals surface area contributed by atoms with Crippen molar-refractivity contribution >= 4 is 11.9 Å². The molecule has 2 aliphatic carbocycles. The van der Waals surface area contributed by atoms with Crippen LogP contribution < -0.4 is 0 Å². The van der Waals surface area contributed by atoms with E-state index in [4.69, 9.17) is 9.47 Å². The van der Waals surface area contributed by atoms with E-state index >= 15 is 0 Å². The molecule has 0 saturated heterocycles. The molecule has 158 valence electrons. The summed E-state index contributed by atoms with van der Waals surface area (Å²) < 4.78 is 11.5. The third-order valence-electron chi connectivity index (χ3n) is 7.49. The Bertz CT molecular complexity index is 848. The van der Waals surface area contributed by atoms with Crippen molar-refractivity contribution in [3.05, 3.63) is 71.8 Å². The van der Waals surface area contributed by atoms with Gasteiger partial charge in [0.15, 0.2) is 5.41 Å². The van der Waals surface area contributed by atoms with Gasteiger partial charge >= 0.3 is 11.9 Å². The molecule has 0 spiro atoms. The van der Waals surface area contributed by atoms with Crippen molar-refractivity contribution < 1.29 is 19.1 Å². The molecule has 0 aromatic heterocycles. The van der Waals surface area contributed by atoms with E-state index in [0.717, 1.165) is 24.0 Å². The first-order chi connectivity index (χ1) is 14.4. The Labute approximate surface area is 178 Å². The molecule has 2 saturated carbocycles. The van der Waals surface area contributed by atoms with Crippen LogP contribution in [0.25, 0.3) is 0 Å². The van der Waals surface area contributed by atoms with E-state index in [1.807, 2.05) is 74.5 Å². The molecule has 2 aliphatic rings. The monoisotopic (exact) mass is 406 g/mol. The highest BCUT2D eigenvalue weighted by Crippen LogP contribution is 2.72. The SMILES string of the molecule is CC1CC[C@H]2[C@H]1C(C(=O)OCc1ccccc1)(C(=O)OCc1ccccc1)C2(C)C. The van der Waals surface area contributed by atoms with Gasteiger partial charge in [0, 0.05) is 0 Å². The van der Waals surface area contributed by atoms with Crippen molar-refractivity contribution in [3.63, 3.8) is 0 Å². The zero-order valence-corrected chi connectivity index (χ0v) is 18.0. The van der Waals surface area contributed by atoms with Gasteiger partial charge in [-0.05, 0) is 40.7 Å². The highest BCUT2D eigenvalue weighted by atomic mass is 16.6. The zero-order chi connectivity index (χ0) is 21.4. The lowest BCUT2D eigenvalue weighted by Crippen LogP contribution is -2.70. The van der Waals surface area contributed by atoms with Crippen LogP contribution in [0.4, 0.5) is 0 Å². The molecule has 0 radical (unpaired) electrons. The Morgan fingerprint density at radius 3 is 1.77 bits per heavy atom. The molecule has 0 amide bonds. The van der Waals surface area contributed by atoms with Crippen LogP contribution in [0, 0.1) is 28.6 Å². The first-order valence-electron chi connectivity index (χ1n) is 10.8. The summed E-state index contributed by atoms with van der Waals surface area (Å²) >= 11 is 0. The molecular formula is C26H30O4. The van der Waals surface area contributed by atoms with Gasteiger partial charge in [-0.1, -0.05) is 87.9 Å². The van der Waals surface area contributed by atoms with Crippen molar-refractivity contribution in [2.24, 2.45) is 28.6 Å². The lowest BCUT2D eigenvalue weighted by Gasteiger charge is -2.62. The lowest BCUT2D eigenvalue weighted by molar-refractivity contribution is -0.232. The van der Waals surface area contributed by atoms with E-state index in [1.165, 1.54) is 0 Å². The van der Waals surface area contributed by atoms with Gasteiger partial charge < -0.3 is 9.47 Å². The number of fused-ring (bicyclic) bond motifs is 1. The molecule has 2 fully saturated rings. The van der Waals surface area contributed by atoms with Crippen molar-refractivity contribution in [3.8, 4) is 0 Å². The van der Waals surface area contributed by atoms with Crippen LogP contribution in [0.3, 0.4) is 0 Å². The van der Waals surface area contributed by atoms with Gasteiger partial charge in [-0.15, -0.1) is 0 Å². The smallest absolute Gasteiger partial charge is 0.324 e. The molecule has 0 N–H and O–H groups in total. The number of hydrogen-bond donors (Lipinski definition) is 0. The second-order valence-electron chi connectivity index (χ2n) is 9.34. The van der Waals surface area contributed by atoms with Crippen LogP contribution in [-0.4, -0.2) is 11.9 Å². The molecule has 4 heteroatoms. The van der Waals surface area contributed by atoms with E-state index in [1.54, 1.807) is 0 Å². The van der Waals surface area contributed by atoms with Crippen molar-refractivity contribution in [1.82, 2.24) is 0 Å². The maximum atomic E-state index is 13.6. The van der Waals surface area contributed by atoms with Gasteiger partial charge in [0.1, 0.15) is 13.2 Å². The summed E-state index contributed by atoms with van der Waals surface area (Å²) in [5.41, 5.74) is 0.0693. The third-order valence-corrected chi connectivity index (χ3v) is 7.49. The van der Waals surface area contributed by atoms with Crippen molar-refractivity contribution in [1.29, 1.82) is 0 Å². The minimum absolute atomic E-state index is 0.0287. The Hall–Kier alpha value is -2.62. The maximum absolute atomic E-state index is 13.6. The number of esters is 2. The second kappa shape index (κ2) is 7.90. The predicted molar refractivity (Wildman–Crippen MR) is 114 cm³/mol. The summed E-state index contributed by atoms with van der Waals surface area (Å²) in [5, 5.41) is 0. The lowest BCUT2D eigenvalue weighted by atomic mass is 9.39. The second-order valence-corrected chi connectivity index (χ2v) is 9.34. The Morgan fingerprint density at radius 2 is 1.30 bits per heavy atom. The fourth-order valence-corrected chi connectivity index (χ4v) is 5.92. The summed E-state index contributed by atoms with van der Waals surface area (Å²) in [6.45, 7) is 6.52. The molecule has 0 bridgehead atoms. The van der Waals surface area contributed by atoms with E-state index in [-0.39, 0.29) is 25.0 Å². The molecule has 3 atom stereocenters. The molecule has 1 unspecified atom stereocenters. The standard InChI is InChI=1S/C26H30O4/c1-18-14-15-21-22(18)26(25(21,2)3,23(27)29-16-19-10-6-4-7-11-19)24(28)30-17-20-12-8-5-9-13-20/h4-13,18,21-22H,14-17H2,1-3H3/t18?,21-,22-/m0/s1. The van der Waals surface area contributed by atoms with Gasteiger partial charge in [0.2, 0.25) is 0 Å². The van der Waals surface area contributed by atoms with Crippen LogP contribution in [0.5, 0.6) is 0 Å². The van der Waals surface area contributed by atoms with E-state index < -0.39 is 22.8 Å². The number of ether oxygens (including phenoxy) is 2. The van der Waals surface area contributed by atoms with Gasteiger partial charge in [-0.3, -0.25) is 9.59 Å². The quantitative estimate of drug-likeness (QED) is 0.491. The van der Waals surface area contributed by atoms with Gasteiger partial charge in [0.05, 0.1) is 0 Å². The van der Waals surface area contributed by atoms with E-state index in [2.05, 4.69) is 6.92 Å². The molecule has 0 heterocycles. The van der Waals surface area contributed by atoms with Crippen LogP contribution in [0.15, 0.2) is 60.7 Å². The number of carbonyl (C=O) groups excluding carboxylic acids is 2. The highest BCUT2D eigenvalue weighted by Gasteiger charge is 2.78. The minimum Gasteiger partial charge on any atom is -0.460 e. The summed E-state index contributed by atoms with van der Waals surface area (Å²) in [7, 11) is 0. The molecule has 2 aromatic carbocycles. The normalized spacial score (nSPS) is 25.6. The topological polar surface area (TPSA) is 52.6 Å². The largest absolute Gasteiger partial charge is 0.460 e. The van der Waals surface area contributed by atoms with Crippen LogP contribution >= 0.6 is 0 Å². The number of rotatable bonds is 6. The fraction of sp³-hybridized carbons (Fsp3) is 0.462. The average Bonchev–Trinajstić information content (AvgIpc) is 3.12. The predicted octanol–water partition coefficient (Wildman–Crippen LogP) is 5.16. The summed E-state index contributed by atoms with van der Waals surface area (Å²) in [6, 6.07) is 19.2.